The second kappa shape index (κ2) is 32.6. The molecule has 22 heteroatoms. The van der Waals surface area contributed by atoms with Gasteiger partial charge in [-0.15, -0.1) is 0 Å². The summed E-state index contributed by atoms with van der Waals surface area (Å²) in [4.78, 5) is 75.9. The van der Waals surface area contributed by atoms with Crippen molar-refractivity contribution < 1.29 is 9.59 Å². The molecular weight excluding hydrogens is 1550 g/mol. The summed E-state index contributed by atoms with van der Waals surface area (Å²) in [7, 11) is 7.41. The zero-order chi connectivity index (χ0) is 83.0. The molecule has 19 rings (SSSR count). The number of carbonyl (C=O) groups is 2. The maximum atomic E-state index is 13.3. The molecule has 2 amide bonds. The maximum Gasteiger partial charge on any atom is 0.333 e. The summed E-state index contributed by atoms with van der Waals surface area (Å²) >= 11 is 18.1. The van der Waals surface area contributed by atoms with Gasteiger partial charge >= 0.3 is 11.4 Å². The lowest BCUT2D eigenvalue weighted by Gasteiger charge is -2.22. The zero-order valence-corrected chi connectivity index (χ0v) is 67.1. The Kier molecular flexibility index (Phi) is 21.3. The fourth-order valence-corrected chi connectivity index (χ4v) is 15.4. The summed E-state index contributed by atoms with van der Waals surface area (Å²) in [6.07, 6.45) is 7.56. The molecule has 2 aliphatic rings. The molecule has 0 bridgehead atoms. The van der Waals surface area contributed by atoms with Crippen molar-refractivity contribution in [2.75, 3.05) is 30.4 Å². The highest BCUT2D eigenvalue weighted by atomic mass is 35.5. The Bertz CT molecular complexity index is 7460. The molecule has 0 atom stereocenters. The van der Waals surface area contributed by atoms with E-state index in [0.29, 0.717) is 73.8 Å². The van der Waals surface area contributed by atoms with Gasteiger partial charge in [-0.05, 0) is 224 Å². The van der Waals surface area contributed by atoms with Crippen molar-refractivity contribution in [1.29, 1.82) is 21.0 Å². The predicted molar refractivity (Wildman–Crippen MR) is 471 cm³/mol. The number of fused-ring (bicyclic) bond motifs is 12. The molecule has 0 fully saturated rings. The van der Waals surface area contributed by atoms with E-state index in [2.05, 4.69) is 68.2 Å². The molecule has 2 aliphatic heterocycles. The third kappa shape index (κ3) is 15.2. The van der Waals surface area contributed by atoms with Crippen molar-refractivity contribution in [2.45, 2.75) is 26.7 Å². The normalized spacial score (nSPS) is 11.9. The van der Waals surface area contributed by atoms with Gasteiger partial charge in [-0.3, -0.25) is 62.5 Å². The van der Waals surface area contributed by atoms with Crippen molar-refractivity contribution in [3.05, 3.63) is 341 Å². The smallest absolute Gasteiger partial charge is 0.299 e. The van der Waals surface area contributed by atoms with Crippen LogP contribution in [-0.2, 0) is 36.5 Å². The van der Waals surface area contributed by atoms with Gasteiger partial charge in [-0.1, -0.05) is 126 Å². The fourth-order valence-electron chi connectivity index (χ4n) is 15.1. The number of aryl methyl sites for hydroxylation is 4. The van der Waals surface area contributed by atoms with Gasteiger partial charge < -0.3 is 0 Å². The Balaban J connectivity index is 0.000000118. The minimum Gasteiger partial charge on any atom is -0.299 e. The molecule has 574 valence electrons. The molecule has 8 heterocycles. The predicted octanol–water partition coefficient (Wildman–Crippen LogP) is 19.6. The van der Waals surface area contributed by atoms with Crippen LogP contribution in [0.3, 0.4) is 0 Å². The summed E-state index contributed by atoms with van der Waals surface area (Å²) in [5.74, 6) is 6.27. The van der Waals surface area contributed by atoms with Crippen LogP contribution in [0.2, 0.25) is 15.1 Å². The number of nitriles is 4. The SMILES string of the molecule is CN(C)CC#Cc1ccc2ncc3c(c2c1)n(-c1cccc(C#N)c1)c(=O)n3C.Cc1ccc(C#N)cc1-n1c(=O)n(C)c2cnc3ccc(-c4ccc(Cl)cc4)cc3c21.Cc1ccc(C#N)cc1N1C(=O)Cc2cnc3ccc(-c4ccc(Cl)cc4)cc3c21.N#Cc1cccc(N2C(=O)Cc3cnc4ccc(-c5ccc(Cl)cc5)cc4c32)c1. The van der Waals surface area contributed by atoms with Crippen LogP contribution in [0.15, 0.2) is 265 Å². The molecule has 0 unspecified atom stereocenters. The van der Waals surface area contributed by atoms with Crippen molar-refractivity contribution in [3.8, 4) is 80.9 Å². The highest BCUT2D eigenvalue weighted by Gasteiger charge is 2.34. The fraction of sp³-hybridized carbons (Fsp3) is 0.0928. The van der Waals surface area contributed by atoms with Crippen LogP contribution in [-0.4, -0.2) is 75.6 Å². The van der Waals surface area contributed by atoms with E-state index < -0.39 is 0 Å². The first-order valence-electron chi connectivity index (χ1n) is 37.6. The van der Waals surface area contributed by atoms with E-state index in [-0.39, 0.29) is 23.2 Å². The van der Waals surface area contributed by atoms with E-state index in [1.54, 1.807) is 128 Å². The van der Waals surface area contributed by atoms with Gasteiger partial charge in [0, 0.05) is 79.8 Å². The van der Waals surface area contributed by atoms with Crippen molar-refractivity contribution in [1.82, 2.24) is 43.1 Å². The minimum atomic E-state index is -0.187. The average Bonchev–Trinajstić information content (AvgIpc) is 1.60. The van der Waals surface area contributed by atoms with Crippen LogP contribution < -0.4 is 21.2 Å². The molecule has 0 saturated carbocycles. The van der Waals surface area contributed by atoms with Crippen molar-refractivity contribution in [2.24, 2.45) is 14.1 Å². The molecule has 0 aliphatic carbocycles. The first-order valence-corrected chi connectivity index (χ1v) is 38.7. The minimum absolute atomic E-state index is 0.0191. The average molecular weight is 1610 g/mol. The monoisotopic (exact) mass is 1610 g/mol. The van der Waals surface area contributed by atoms with Gasteiger partial charge in [0.25, 0.3) is 0 Å². The molecule has 17 aromatic rings. The quantitative estimate of drug-likeness (QED) is 0.129. The second-order valence-corrected chi connectivity index (χ2v) is 30.3. The largest absolute Gasteiger partial charge is 0.333 e. The van der Waals surface area contributed by atoms with Crippen molar-refractivity contribution >= 4 is 135 Å². The first kappa shape index (κ1) is 77.8. The molecule has 19 nitrogen and oxygen atoms in total. The number of rotatable bonds is 8. The third-order valence-electron chi connectivity index (χ3n) is 21.0. The lowest BCUT2D eigenvalue weighted by Crippen LogP contribution is -2.22. The topological polar surface area (TPSA) is 244 Å². The molecule has 0 saturated heterocycles. The molecule has 11 aromatic carbocycles. The lowest BCUT2D eigenvalue weighted by atomic mass is 10.0. The summed E-state index contributed by atoms with van der Waals surface area (Å²) in [6.45, 7) is 4.55. The van der Waals surface area contributed by atoms with E-state index >= 15 is 0 Å². The van der Waals surface area contributed by atoms with Crippen LogP contribution in [0.1, 0.15) is 50.1 Å². The molecule has 0 radical (unpaired) electrons. The van der Waals surface area contributed by atoms with Crippen LogP contribution in [0, 0.1) is 71.0 Å². The van der Waals surface area contributed by atoms with Crippen molar-refractivity contribution in [3.63, 3.8) is 0 Å². The molecular formula is C97H66Cl3N15O4. The van der Waals surface area contributed by atoms with Gasteiger partial charge in [-0.2, -0.15) is 21.0 Å². The van der Waals surface area contributed by atoms with Gasteiger partial charge in [0.2, 0.25) is 11.8 Å². The number of amides is 2. The van der Waals surface area contributed by atoms with Crippen LogP contribution in [0.25, 0.3) is 110 Å². The first-order chi connectivity index (χ1) is 57.6. The number of imidazole rings is 2. The van der Waals surface area contributed by atoms with Crippen LogP contribution >= 0.6 is 34.8 Å². The number of aromatic nitrogens is 8. The molecule has 119 heavy (non-hydrogen) atoms. The Hall–Kier alpha value is -15.1. The number of carbonyl (C=O) groups excluding carboxylic acids is 2. The zero-order valence-electron chi connectivity index (χ0n) is 64.8. The summed E-state index contributed by atoms with van der Waals surface area (Å²) in [5.41, 5.74) is 23.0. The molecule has 0 N–H and O–H groups in total. The lowest BCUT2D eigenvalue weighted by molar-refractivity contribution is -0.117. The Morgan fingerprint density at radius 2 is 0.765 bits per heavy atom. The Labute approximate surface area is 697 Å². The van der Waals surface area contributed by atoms with E-state index in [1.807, 2.05) is 191 Å². The Morgan fingerprint density at radius 3 is 1.26 bits per heavy atom. The van der Waals surface area contributed by atoms with Gasteiger partial charge in [0.15, 0.2) is 0 Å². The highest BCUT2D eigenvalue weighted by molar-refractivity contribution is 6.31. The standard InChI is InChI=1S/C25H17ClN4O.C25H16ClN3O.C24H14ClN3O.C23H19N5O/c1-15-3-4-16(13-27)11-22(15)30-24-20-12-18(17-5-8-19(26)9-6-17)7-10-21(20)28-14-23(24)29(2)25(30)31;1-15-2-3-16(13-27)10-23(15)29-24(30)12-19-14-28-22-9-6-18(11-21(22)25(19)29)17-4-7-20(26)8-5-17;25-19-7-4-16(5-8-19)17-6-9-22-21(11-17)24-18(14-27-22)12-23(29)28(24)20-3-1-2-15(10-20)13-26;1-26(2)11-5-7-16-9-10-20-19(13-16)22-21(15-25-20)27(3)23(29)28(22)18-8-4-6-17(12-18)14-24/h3-12,14H,1-2H3;2-11,14H,12H2,1H3;1-11,14H,12H2;4,6,8-10,12-13,15H,11H2,1-3H3. The van der Waals surface area contributed by atoms with Crippen LogP contribution in [0.5, 0.6) is 0 Å². The summed E-state index contributed by atoms with van der Waals surface area (Å²) in [6, 6.07) is 80.5. The van der Waals surface area contributed by atoms with E-state index in [1.165, 1.54) is 0 Å². The maximum absolute atomic E-state index is 13.3. The third-order valence-corrected chi connectivity index (χ3v) is 21.8. The Morgan fingerprint density at radius 1 is 0.387 bits per heavy atom. The number of halogens is 3. The number of pyridine rings is 4. The summed E-state index contributed by atoms with van der Waals surface area (Å²) < 4.78 is 6.48. The van der Waals surface area contributed by atoms with E-state index in [9.17, 15) is 40.2 Å². The highest BCUT2D eigenvalue weighted by Crippen LogP contribution is 2.45. The number of anilines is 4. The van der Waals surface area contributed by atoms with Gasteiger partial charge in [0.05, 0.1) is 157 Å². The van der Waals surface area contributed by atoms with Gasteiger partial charge in [-0.25, -0.2) is 9.59 Å². The second-order valence-electron chi connectivity index (χ2n) is 29.0. The number of nitrogens with zero attached hydrogens (tertiary/aromatic N) is 15. The molecule has 0 spiro atoms. The van der Waals surface area contributed by atoms with Crippen LogP contribution in [0.4, 0.5) is 22.7 Å². The number of benzene rings is 11. The van der Waals surface area contributed by atoms with Gasteiger partial charge in [0.1, 0.15) is 0 Å². The van der Waals surface area contributed by atoms with E-state index in [0.717, 1.165) is 144 Å². The van der Waals surface area contributed by atoms with E-state index in [4.69, 9.17) is 34.8 Å². The molecule has 6 aromatic heterocycles. The number of hydrogen-bond donors (Lipinski definition) is 0. The number of hydrogen-bond acceptors (Lipinski definition) is 13. The summed E-state index contributed by atoms with van der Waals surface area (Å²) in [5, 5.41) is 42.8.